The predicted octanol–water partition coefficient (Wildman–Crippen LogP) is 1.35. The maximum atomic E-state index is 12.1. The molecule has 0 atom stereocenters. The minimum absolute atomic E-state index is 0.0650. The lowest BCUT2D eigenvalue weighted by Gasteiger charge is -2.17. The standard InChI is InChI=1S/C17H19N3O7/c1-19(10-16(21)18-9-13-4-3-7-26-13)17(22)11-27-15-6-5-12(25-2)8-14(15)20(23)24/h3-8H,9-11H2,1-2H3,(H,18,21). The minimum atomic E-state index is -0.631. The summed E-state index contributed by atoms with van der Waals surface area (Å²) in [6.45, 7) is -0.425. The maximum Gasteiger partial charge on any atom is 0.314 e. The van der Waals surface area contributed by atoms with Crippen molar-refractivity contribution in [1.29, 1.82) is 0 Å². The number of furan rings is 1. The number of nitrogens with one attached hydrogen (secondary N) is 1. The van der Waals surface area contributed by atoms with E-state index in [-0.39, 0.29) is 30.4 Å². The molecule has 0 saturated heterocycles. The van der Waals surface area contributed by atoms with E-state index in [1.165, 1.54) is 38.6 Å². The Labute approximate surface area is 154 Å². The summed E-state index contributed by atoms with van der Waals surface area (Å²) in [5.74, 6) is -0.0611. The Kier molecular flexibility index (Phi) is 6.75. The molecule has 1 aromatic carbocycles. The number of carbonyl (C=O) groups excluding carboxylic acids is 2. The molecule has 0 bridgehead atoms. The topological polar surface area (TPSA) is 124 Å². The van der Waals surface area contributed by atoms with E-state index in [0.717, 1.165) is 4.90 Å². The van der Waals surface area contributed by atoms with E-state index < -0.39 is 17.4 Å². The molecule has 2 rings (SSSR count). The molecule has 0 aliphatic heterocycles. The number of methoxy groups -OCH3 is 1. The average Bonchev–Trinajstić information content (AvgIpc) is 3.17. The Bertz CT molecular complexity index is 805. The smallest absolute Gasteiger partial charge is 0.314 e. The normalized spacial score (nSPS) is 10.1. The SMILES string of the molecule is COc1ccc(OCC(=O)N(C)CC(=O)NCc2ccco2)c([N+](=O)[O-])c1. The van der Waals surface area contributed by atoms with E-state index in [9.17, 15) is 19.7 Å². The summed E-state index contributed by atoms with van der Waals surface area (Å²) in [4.78, 5) is 35.6. The Hall–Kier alpha value is -3.56. The molecule has 0 spiro atoms. The van der Waals surface area contributed by atoms with E-state index in [2.05, 4.69) is 5.32 Å². The zero-order chi connectivity index (χ0) is 19.8. The summed E-state index contributed by atoms with van der Waals surface area (Å²) < 4.78 is 15.3. The fourth-order valence-electron chi connectivity index (χ4n) is 2.10. The molecule has 0 aliphatic rings. The molecule has 0 fully saturated rings. The third kappa shape index (κ3) is 5.73. The van der Waals surface area contributed by atoms with Crippen LogP contribution in [0.3, 0.4) is 0 Å². The first kappa shape index (κ1) is 19.8. The highest BCUT2D eigenvalue weighted by Crippen LogP contribution is 2.30. The van der Waals surface area contributed by atoms with Crippen LogP contribution in [0.2, 0.25) is 0 Å². The summed E-state index contributed by atoms with van der Waals surface area (Å²) in [7, 11) is 2.82. The average molecular weight is 377 g/mol. The summed E-state index contributed by atoms with van der Waals surface area (Å²) in [5, 5.41) is 13.7. The molecule has 2 aromatic rings. The number of benzene rings is 1. The fraction of sp³-hybridized carbons (Fsp3) is 0.294. The van der Waals surface area contributed by atoms with Crippen LogP contribution in [-0.4, -0.2) is 48.9 Å². The Morgan fingerprint density at radius 3 is 2.74 bits per heavy atom. The largest absolute Gasteiger partial charge is 0.496 e. The highest BCUT2D eigenvalue weighted by Gasteiger charge is 2.19. The first-order valence-electron chi connectivity index (χ1n) is 7.89. The second-order valence-corrected chi connectivity index (χ2v) is 5.49. The number of hydrogen-bond donors (Lipinski definition) is 1. The van der Waals surface area contributed by atoms with Crippen molar-refractivity contribution < 1.29 is 28.4 Å². The van der Waals surface area contributed by atoms with E-state index in [0.29, 0.717) is 11.5 Å². The van der Waals surface area contributed by atoms with Gasteiger partial charge in [-0.15, -0.1) is 0 Å². The van der Waals surface area contributed by atoms with Crippen molar-refractivity contribution in [2.24, 2.45) is 0 Å². The van der Waals surface area contributed by atoms with Gasteiger partial charge in [-0.3, -0.25) is 19.7 Å². The van der Waals surface area contributed by atoms with Gasteiger partial charge in [0.25, 0.3) is 5.91 Å². The van der Waals surface area contributed by atoms with Gasteiger partial charge in [-0.1, -0.05) is 0 Å². The maximum absolute atomic E-state index is 12.1. The Morgan fingerprint density at radius 2 is 2.11 bits per heavy atom. The molecule has 27 heavy (non-hydrogen) atoms. The minimum Gasteiger partial charge on any atom is -0.496 e. The fourth-order valence-corrected chi connectivity index (χ4v) is 2.10. The molecule has 1 N–H and O–H groups in total. The Morgan fingerprint density at radius 1 is 1.33 bits per heavy atom. The summed E-state index contributed by atoms with van der Waals surface area (Å²) >= 11 is 0. The third-order valence-corrected chi connectivity index (χ3v) is 3.56. The van der Waals surface area contributed by atoms with Crippen LogP contribution in [0.5, 0.6) is 11.5 Å². The molecule has 0 radical (unpaired) electrons. The van der Waals surface area contributed by atoms with Gasteiger partial charge in [0, 0.05) is 7.05 Å². The lowest BCUT2D eigenvalue weighted by molar-refractivity contribution is -0.385. The van der Waals surface area contributed by atoms with Crippen LogP contribution < -0.4 is 14.8 Å². The van der Waals surface area contributed by atoms with Crippen molar-refractivity contribution in [3.63, 3.8) is 0 Å². The van der Waals surface area contributed by atoms with Gasteiger partial charge in [0.2, 0.25) is 5.91 Å². The number of ether oxygens (including phenoxy) is 2. The van der Waals surface area contributed by atoms with E-state index in [1.54, 1.807) is 12.1 Å². The van der Waals surface area contributed by atoms with Gasteiger partial charge in [-0.2, -0.15) is 0 Å². The Balaban J connectivity index is 1.85. The highest BCUT2D eigenvalue weighted by molar-refractivity contribution is 5.85. The second kappa shape index (κ2) is 9.22. The molecule has 10 heteroatoms. The first-order chi connectivity index (χ1) is 12.9. The van der Waals surface area contributed by atoms with Gasteiger partial charge in [0.15, 0.2) is 12.4 Å². The molecular formula is C17H19N3O7. The van der Waals surface area contributed by atoms with Crippen molar-refractivity contribution in [3.05, 3.63) is 52.5 Å². The molecule has 1 aromatic heterocycles. The van der Waals surface area contributed by atoms with Crippen LogP contribution in [0.4, 0.5) is 5.69 Å². The van der Waals surface area contributed by atoms with E-state index in [1.807, 2.05) is 0 Å². The molecule has 0 unspecified atom stereocenters. The lowest BCUT2D eigenvalue weighted by Crippen LogP contribution is -2.40. The van der Waals surface area contributed by atoms with Crippen LogP contribution in [-0.2, 0) is 16.1 Å². The van der Waals surface area contributed by atoms with E-state index >= 15 is 0 Å². The van der Waals surface area contributed by atoms with Crippen LogP contribution in [0, 0.1) is 10.1 Å². The summed E-state index contributed by atoms with van der Waals surface area (Å²) in [6.07, 6.45) is 1.49. The molecule has 2 amide bonds. The molecule has 0 aliphatic carbocycles. The van der Waals surface area contributed by atoms with Crippen molar-refractivity contribution in [3.8, 4) is 11.5 Å². The van der Waals surface area contributed by atoms with Crippen molar-refractivity contribution in [2.45, 2.75) is 6.54 Å². The quantitative estimate of drug-likeness (QED) is 0.516. The summed E-state index contributed by atoms with van der Waals surface area (Å²) in [6, 6.07) is 7.45. The lowest BCUT2D eigenvalue weighted by atomic mass is 10.3. The molecule has 144 valence electrons. The number of amides is 2. The van der Waals surface area contributed by atoms with Gasteiger partial charge in [0.05, 0.1) is 37.5 Å². The van der Waals surface area contributed by atoms with Crippen LogP contribution in [0.15, 0.2) is 41.0 Å². The third-order valence-electron chi connectivity index (χ3n) is 3.56. The zero-order valence-corrected chi connectivity index (χ0v) is 14.8. The molecule has 0 saturated carbocycles. The second-order valence-electron chi connectivity index (χ2n) is 5.49. The number of nitro groups is 1. The van der Waals surface area contributed by atoms with Gasteiger partial charge < -0.3 is 24.1 Å². The van der Waals surface area contributed by atoms with Crippen molar-refractivity contribution in [1.82, 2.24) is 10.2 Å². The number of nitro benzene ring substituents is 1. The number of likely N-dealkylation sites (N-methyl/N-ethyl adjacent to an activating group) is 1. The monoisotopic (exact) mass is 377 g/mol. The van der Waals surface area contributed by atoms with Gasteiger partial charge in [-0.05, 0) is 24.3 Å². The van der Waals surface area contributed by atoms with Crippen LogP contribution in [0.1, 0.15) is 5.76 Å². The number of carbonyl (C=O) groups is 2. The van der Waals surface area contributed by atoms with Crippen LogP contribution in [0.25, 0.3) is 0 Å². The van der Waals surface area contributed by atoms with Crippen molar-refractivity contribution in [2.75, 3.05) is 27.3 Å². The number of nitrogens with zero attached hydrogens (tertiary/aromatic N) is 2. The molecule has 1 heterocycles. The first-order valence-corrected chi connectivity index (χ1v) is 7.89. The molecule has 10 nitrogen and oxygen atoms in total. The summed E-state index contributed by atoms with van der Waals surface area (Å²) in [5.41, 5.74) is -0.319. The van der Waals surface area contributed by atoms with Gasteiger partial charge >= 0.3 is 5.69 Å². The van der Waals surface area contributed by atoms with Crippen LogP contribution >= 0.6 is 0 Å². The van der Waals surface area contributed by atoms with Gasteiger partial charge in [-0.25, -0.2) is 0 Å². The van der Waals surface area contributed by atoms with Crippen molar-refractivity contribution >= 4 is 17.5 Å². The zero-order valence-electron chi connectivity index (χ0n) is 14.8. The molecular weight excluding hydrogens is 358 g/mol. The number of hydrogen-bond acceptors (Lipinski definition) is 7. The number of rotatable bonds is 9. The predicted molar refractivity (Wildman–Crippen MR) is 93.3 cm³/mol. The van der Waals surface area contributed by atoms with E-state index in [4.69, 9.17) is 13.9 Å². The van der Waals surface area contributed by atoms with Gasteiger partial charge in [0.1, 0.15) is 11.5 Å². The highest BCUT2D eigenvalue weighted by atomic mass is 16.6.